The molecule has 7 nitrogen and oxygen atoms in total. The molecule has 1 radical (unpaired) electrons. The van der Waals surface area contributed by atoms with Crippen LogP contribution in [0.4, 0.5) is 0 Å². The first-order valence-electron chi connectivity index (χ1n) is 8.63. The first kappa shape index (κ1) is 27.1. The Balaban J connectivity index is 0. The number of hydrogen-bond donors (Lipinski definition) is 2. The minimum atomic E-state index is -4.78. The van der Waals surface area contributed by atoms with E-state index in [1.165, 1.54) is 38.5 Å². The van der Waals surface area contributed by atoms with E-state index in [0.717, 1.165) is 19.3 Å². The third-order valence-electron chi connectivity index (χ3n) is 3.72. The van der Waals surface area contributed by atoms with Crippen molar-refractivity contribution in [3.05, 3.63) is 0 Å². The summed E-state index contributed by atoms with van der Waals surface area (Å²) >= 11 is 0. The molecule has 25 heavy (non-hydrogen) atoms. The van der Waals surface area contributed by atoms with Gasteiger partial charge in [-0.2, -0.15) is 8.42 Å². The Bertz CT molecular complexity index is 465. The number of esters is 1. The zero-order valence-corrected chi connectivity index (χ0v) is 18.2. The summed E-state index contributed by atoms with van der Waals surface area (Å²) in [4.78, 5) is 22.1. The van der Waals surface area contributed by atoms with Crippen LogP contribution in [0.5, 0.6) is 0 Å². The number of carbonyl (C=O) groups excluding carboxylic acids is 1. The van der Waals surface area contributed by atoms with Gasteiger partial charge in [-0.15, -0.1) is 0 Å². The number of aliphatic carboxylic acids is 1. The Morgan fingerprint density at radius 3 is 1.76 bits per heavy atom. The van der Waals surface area contributed by atoms with Crippen LogP contribution < -0.4 is 0 Å². The second-order valence-corrected chi connectivity index (χ2v) is 7.55. The van der Waals surface area contributed by atoms with Gasteiger partial charge in [-0.25, -0.2) is 0 Å². The predicted octanol–water partition coefficient (Wildman–Crippen LogP) is 2.80. The summed E-state index contributed by atoms with van der Waals surface area (Å²) < 4.78 is 35.6. The predicted molar refractivity (Wildman–Crippen MR) is 96.1 cm³/mol. The number of carboxylic acid groups (broad SMARTS) is 1. The Kier molecular flexibility index (Phi) is 17.4. The van der Waals surface area contributed by atoms with Gasteiger partial charge in [0.15, 0.2) is 5.25 Å². The maximum absolute atomic E-state index is 11.6. The first-order chi connectivity index (χ1) is 11.3. The molecule has 0 spiro atoms. The van der Waals surface area contributed by atoms with Crippen LogP contribution in [0.25, 0.3) is 0 Å². The second-order valence-electron chi connectivity index (χ2n) is 5.95. The van der Waals surface area contributed by atoms with Crippen molar-refractivity contribution in [2.45, 2.75) is 82.8 Å². The van der Waals surface area contributed by atoms with Crippen LogP contribution in [-0.2, 0) is 24.4 Å². The van der Waals surface area contributed by atoms with Crippen molar-refractivity contribution in [3.63, 3.8) is 0 Å². The van der Waals surface area contributed by atoms with Crippen LogP contribution in [0.15, 0.2) is 0 Å². The monoisotopic (exact) mass is 389 g/mol. The van der Waals surface area contributed by atoms with Crippen molar-refractivity contribution in [2.75, 3.05) is 6.61 Å². The molecule has 143 valence electrons. The molecule has 0 saturated carbocycles. The van der Waals surface area contributed by atoms with Crippen molar-refractivity contribution >= 4 is 51.6 Å². The largest absolute Gasteiger partial charge is 0.481 e. The summed E-state index contributed by atoms with van der Waals surface area (Å²) in [6.07, 6.45) is 10.1. The SMILES string of the molecule is CCCCCCCCCCCCOC(=O)C(CC(=O)O)S(=O)(=O)O.[Na]. The van der Waals surface area contributed by atoms with Crippen molar-refractivity contribution < 1.29 is 32.4 Å². The normalized spacial score (nSPS) is 12.2. The van der Waals surface area contributed by atoms with Gasteiger partial charge < -0.3 is 9.84 Å². The molecule has 0 rings (SSSR count). The number of hydrogen-bond acceptors (Lipinski definition) is 5. The minimum absolute atomic E-state index is 0. The molecule has 0 aromatic carbocycles. The Morgan fingerprint density at radius 1 is 0.920 bits per heavy atom. The fourth-order valence-electron chi connectivity index (χ4n) is 2.32. The summed E-state index contributed by atoms with van der Waals surface area (Å²) in [6.45, 7) is 2.22. The van der Waals surface area contributed by atoms with Crippen molar-refractivity contribution in [2.24, 2.45) is 0 Å². The number of unbranched alkanes of at least 4 members (excludes halogenated alkanes) is 9. The van der Waals surface area contributed by atoms with E-state index in [2.05, 4.69) is 6.92 Å². The molecule has 0 aliphatic carbocycles. The van der Waals surface area contributed by atoms with Crippen LogP contribution in [0.1, 0.15) is 77.6 Å². The molecular weight excluding hydrogens is 359 g/mol. The molecule has 0 saturated heterocycles. The number of ether oxygens (including phenoxy) is 1. The molecule has 0 bridgehead atoms. The van der Waals surface area contributed by atoms with Crippen molar-refractivity contribution in [1.82, 2.24) is 0 Å². The molecule has 0 aromatic heterocycles. The van der Waals surface area contributed by atoms with Crippen LogP contribution >= 0.6 is 0 Å². The van der Waals surface area contributed by atoms with Crippen LogP contribution in [-0.4, -0.2) is 71.4 Å². The van der Waals surface area contributed by atoms with E-state index in [9.17, 15) is 18.0 Å². The molecule has 0 amide bonds. The van der Waals surface area contributed by atoms with Gasteiger partial charge >= 0.3 is 11.9 Å². The van der Waals surface area contributed by atoms with Gasteiger partial charge in [0, 0.05) is 29.6 Å². The Hall–Kier alpha value is -0.150. The number of carbonyl (C=O) groups is 2. The van der Waals surface area contributed by atoms with E-state index >= 15 is 0 Å². The first-order valence-corrected chi connectivity index (χ1v) is 10.1. The number of rotatable bonds is 15. The van der Waals surface area contributed by atoms with Gasteiger partial charge in [0.25, 0.3) is 10.1 Å². The third kappa shape index (κ3) is 15.8. The smallest absolute Gasteiger partial charge is 0.327 e. The van der Waals surface area contributed by atoms with Crippen molar-refractivity contribution in [3.8, 4) is 0 Å². The minimum Gasteiger partial charge on any atom is -0.481 e. The molecule has 0 heterocycles. The van der Waals surface area contributed by atoms with E-state index in [-0.39, 0.29) is 36.2 Å². The van der Waals surface area contributed by atoms with Crippen LogP contribution in [0.2, 0.25) is 0 Å². The summed E-state index contributed by atoms with van der Waals surface area (Å²) in [5, 5.41) is 6.52. The third-order valence-corrected chi connectivity index (χ3v) is 4.80. The van der Waals surface area contributed by atoms with Gasteiger partial charge in [-0.3, -0.25) is 14.1 Å². The average Bonchev–Trinajstić information content (AvgIpc) is 2.48. The Morgan fingerprint density at radius 2 is 1.36 bits per heavy atom. The zero-order chi connectivity index (χ0) is 18.4. The van der Waals surface area contributed by atoms with E-state index in [1.54, 1.807) is 0 Å². The zero-order valence-electron chi connectivity index (χ0n) is 15.4. The van der Waals surface area contributed by atoms with Gasteiger partial charge in [0.1, 0.15) is 0 Å². The standard InChI is InChI=1S/C16H30O7S.Na/c1-2-3-4-5-6-7-8-9-10-11-12-23-16(19)14(13-15(17)18)24(20,21)22;/h14H,2-13H2,1H3,(H,17,18)(H,20,21,22);. The van der Waals surface area contributed by atoms with E-state index < -0.39 is 33.7 Å². The summed E-state index contributed by atoms with van der Waals surface area (Å²) in [5.41, 5.74) is 0. The van der Waals surface area contributed by atoms with Gasteiger partial charge in [0.05, 0.1) is 13.0 Å². The molecular formula is C16H30NaO7S. The molecule has 9 heteroatoms. The molecule has 0 fully saturated rings. The quantitative estimate of drug-likeness (QED) is 0.191. The molecule has 0 aliphatic heterocycles. The summed E-state index contributed by atoms with van der Waals surface area (Å²) in [7, 11) is -4.78. The maximum atomic E-state index is 11.6. The van der Waals surface area contributed by atoms with Crippen molar-refractivity contribution in [1.29, 1.82) is 0 Å². The van der Waals surface area contributed by atoms with Gasteiger partial charge in [0.2, 0.25) is 0 Å². The summed E-state index contributed by atoms with van der Waals surface area (Å²) in [6, 6.07) is 0. The fourth-order valence-corrected chi connectivity index (χ4v) is 2.99. The maximum Gasteiger partial charge on any atom is 0.327 e. The molecule has 1 unspecified atom stereocenters. The Labute approximate surface area is 172 Å². The van der Waals surface area contributed by atoms with Crippen LogP contribution in [0.3, 0.4) is 0 Å². The average molecular weight is 389 g/mol. The fraction of sp³-hybridized carbons (Fsp3) is 0.875. The van der Waals surface area contributed by atoms with Gasteiger partial charge in [-0.05, 0) is 6.42 Å². The van der Waals surface area contributed by atoms with E-state index in [4.69, 9.17) is 14.4 Å². The summed E-state index contributed by atoms with van der Waals surface area (Å²) in [5.74, 6) is -2.70. The molecule has 0 aliphatic rings. The molecule has 1 atom stereocenters. The van der Waals surface area contributed by atoms with E-state index in [0.29, 0.717) is 6.42 Å². The number of carboxylic acids is 1. The topological polar surface area (TPSA) is 118 Å². The van der Waals surface area contributed by atoms with Gasteiger partial charge in [-0.1, -0.05) is 64.7 Å². The van der Waals surface area contributed by atoms with E-state index in [1.807, 2.05) is 0 Å². The van der Waals surface area contributed by atoms with Crippen LogP contribution in [0, 0.1) is 0 Å². The molecule has 2 N–H and O–H groups in total. The second kappa shape index (κ2) is 16.1. The molecule has 0 aromatic rings.